The number of methoxy groups -OCH3 is 1. The summed E-state index contributed by atoms with van der Waals surface area (Å²) in [4.78, 5) is 2.31. The van der Waals surface area contributed by atoms with Gasteiger partial charge in [-0.2, -0.15) is 0 Å². The van der Waals surface area contributed by atoms with Crippen LogP contribution in [0.25, 0.3) is 0 Å². The molecular weight excluding hydrogens is 212 g/mol. The van der Waals surface area contributed by atoms with Crippen LogP contribution in [0.4, 0.5) is 0 Å². The molecule has 1 fully saturated rings. The molecule has 0 radical (unpaired) electrons. The summed E-state index contributed by atoms with van der Waals surface area (Å²) in [6.45, 7) is 2.14. The van der Waals surface area contributed by atoms with Gasteiger partial charge in [0, 0.05) is 12.1 Å². The number of aryl methyl sites for hydroxylation is 1. The van der Waals surface area contributed by atoms with E-state index in [-0.39, 0.29) is 5.54 Å². The van der Waals surface area contributed by atoms with E-state index < -0.39 is 0 Å². The summed E-state index contributed by atoms with van der Waals surface area (Å²) >= 11 is 0. The Labute approximate surface area is 104 Å². The SMILES string of the molecule is COc1ccc(CCC2(N)CCN(C)C2)cc1. The fourth-order valence-corrected chi connectivity index (χ4v) is 2.50. The number of benzene rings is 1. The minimum atomic E-state index is 0.00861. The molecule has 1 saturated heterocycles. The molecule has 2 N–H and O–H groups in total. The average Bonchev–Trinajstić information content (AvgIpc) is 2.68. The molecule has 3 nitrogen and oxygen atoms in total. The third-order valence-corrected chi connectivity index (χ3v) is 3.65. The molecule has 1 atom stereocenters. The summed E-state index contributed by atoms with van der Waals surface area (Å²) in [5.74, 6) is 0.914. The minimum Gasteiger partial charge on any atom is -0.497 e. The third-order valence-electron chi connectivity index (χ3n) is 3.65. The number of nitrogens with zero attached hydrogens (tertiary/aromatic N) is 1. The van der Waals surface area contributed by atoms with Gasteiger partial charge in [-0.3, -0.25) is 0 Å². The summed E-state index contributed by atoms with van der Waals surface area (Å²) in [6, 6.07) is 8.28. The van der Waals surface area contributed by atoms with Crippen molar-refractivity contribution in [3.05, 3.63) is 29.8 Å². The van der Waals surface area contributed by atoms with Crippen LogP contribution in [0.2, 0.25) is 0 Å². The second kappa shape index (κ2) is 5.07. The summed E-state index contributed by atoms with van der Waals surface area (Å²) < 4.78 is 5.15. The summed E-state index contributed by atoms with van der Waals surface area (Å²) in [6.07, 6.45) is 3.22. The van der Waals surface area contributed by atoms with Gasteiger partial charge in [0.2, 0.25) is 0 Å². The van der Waals surface area contributed by atoms with E-state index >= 15 is 0 Å². The lowest BCUT2D eigenvalue weighted by atomic mass is 9.91. The van der Waals surface area contributed by atoms with E-state index in [0.717, 1.165) is 38.1 Å². The topological polar surface area (TPSA) is 38.5 Å². The van der Waals surface area contributed by atoms with E-state index in [2.05, 4.69) is 24.1 Å². The number of hydrogen-bond acceptors (Lipinski definition) is 3. The highest BCUT2D eigenvalue weighted by molar-refractivity contribution is 5.27. The van der Waals surface area contributed by atoms with Gasteiger partial charge in [-0.05, 0) is 50.6 Å². The lowest BCUT2D eigenvalue weighted by Crippen LogP contribution is -2.42. The average molecular weight is 234 g/mol. The maximum atomic E-state index is 6.39. The zero-order chi connectivity index (χ0) is 12.3. The van der Waals surface area contributed by atoms with Crippen LogP contribution in [-0.4, -0.2) is 37.7 Å². The molecule has 1 heterocycles. The van der Waals surface area contributed by atoms with Gasteiger partial charge in [-0.15, -0.1) is 0 Å². The van der Waals surface area contributed by atoms with E-state index in [0.29, 0.717) is 0 Å². The van der Waals surface area contributed by atoms with Gasteiger partial charge in [-0.25, -0.2) is 0 Å². The van der Waals surface area contributed by atoms with Crippen molar-refractivity contribution < 1.29 is 4.74 Å². The van der Waals surface area contributed by atoms with Crippen LogP contribution < -0.4 is 10.5 Å². The molecule has 3 heteroatoms. The highest BCUT2D eigenvalue weighted by Gasteiger charge is 2.31. The second-order valence-electron chi connectivity index (χ2n) is 5.20. The van der Waals surface area contributed by atoms with Crippen molar-refractivity contribution in [1.82, 2.24) is 4.90 Å². The maximum absolute atomic E-state index is 6.39. The monoisotopic (exact) mass is 234 g/mol. The van der Waals surface area contributed by atoms with Gasteiger partial charge in [0.25, 0.3) is 0 Å². The summed E-state index contributed by atoms with van der Waals surface area (Å²) in [7, 11) is 3.83. The number of ether oxygens (including phenoxy) is 1. The standard InChI is InChI=1S/C14H22N2O/c1-16-10-9-14(15,11-16)8-7-12-3-5-13(17-2)6-4-12/h3-6H,7-11,15H2,1-2H3. The van der Waals surface area contributed by atoms with Crippen LogP contribution in [0.5, 0.6) is 5.75 Å². The molecule has 1 unspecified atom stereocenters. The van der Waals surface area contributed by atoms with Gasteiger partial charge in [0.15, 0.2) is 0 Å². The van der Waals surface area contributed by atoms with Gasteiger partial charge in [-0.1, -0.05) is 12.1 Å². The van der Waals surface area contributed by atoms with E-state index in [9.17, 15) is 0 Å². The van der Waals surface area contributed by atoms with Gasteiger partial charge >= 0.3 is 0 Å². The zero-order valence-corrected chi connectivity index (χ0v) is 10.8. The molecule has 0 aliphatic carbocycles. The lowest BCUT2D eigenvalue weighted by molar-refractivity contribution is 0.354. The number of nitrogens with two attached hydrogens (primary N) is 1. The Kier molecular flexibility index (Phi) is 3.69. The smallest absolute Gasteiger partial charge is 0.118 e. The molecule has 0 saturated carbocycles. The van der Waals surface area contributed by atoms with E-state index in [1.165, 1.54) is 5.56 Å². The van der Waals surface area contributed by atoms with Crippen LogP contribution >= 0.6 is 0 Å². The second-order valence-corrected chi connectivity index (χ2v) is 5.20. The zero-order valence-electron chi connectivity index (χ0n) is 10.8. The Balaban J connectivity index is 1.89. The molecule has 1 aliphatic heterocycles. The number of hydrogen-bond donors (Lipinski definition) is 1. The van der Waals surface area contributed by atoms with Crippen molar-refractivity contribution in [1.29, 1.82) is 0 Å². The Morgan fingerprint density at radius 3 is 2.59 bits per heavy atom. The Morgan fingerprint density at radius 2 is 2.06 bits per heavy atom. The number of rotatable bonds is 4. The van der Waals surface area contributed by atoms with Crippen molar-refractivity contribution in [2.24, 2.45) is 5.73 Å². The van der Waals surface area contributed by atoms with Crippen molar-refractivity contribution in [2.45, 2.75) is 24.8 Å². The van der Waals surface area contributed by atoms with Crippen molar-refractivity contribution >= 4 is 0 Å². The predicted molar refractivity (Wildman–Crippen MR) is 70.3 cm³/mol. The van der Waals surface area contributed by atoms with Crippen molar-refractivity contribution in [3.8, 4) is 5.75 Å². The highest BCUT2D eigenvalue weighted by atomic mass is 16.5. The van der Waals surface area contributed by atoms with E-state index in [1.54, 1.807) is 7.11 Å². The first-order chi connectivity index (χ1) is 8.11. The van der Waals surface area contributed by atoms with Crippen LogP contribution in [0.15, 0.2) is 24.3 Å². The number of likely N-dealkylation sites (tertiary alicyclic amines) is 1. The van der Waals surface area contributed by atoms with Gasteiger partial charge in [0.05, 0.1) is 7.11 Å². The molecule has 0 amide bonds. The predicted octanol–water partition coefficient (Wildman–Crippen LogP) is 1.66. The first-order valence-corrected chi connectivity index (χ1v) is 6.22. The maximum Gasteiger partial charge on any atom is 0.118 e. The molecule has 1 aromatic rings. The lowest BCUT2D eigenvalue weighted by Gasteiger charge is -2.23. The molecule has 17 heavy (non-hydrogen) atoms. The molecule has 1 aromatic carbocycles. The molecule has 0 bridgehead atoms. The molecule has 2 rings (SSSR count). The minimum absolute atomic E-state index is 0.00861. The Hall–Kier alpha value is -1.06. The van der Waals surface area contributed by atoms with Crippen molar-refractivity contribution in [2.75, 3.05) is 27.2 Å². The Bertz CT molecular complexity index is 363. The first-order valence-electron chi connectivity index (χ1n) is 6.22. The van der Waals surface area contributed by atoms with E-state index in [4.69, 9.17) is 10.5 Å². The summed E-state index contributed by atoms with van der Waals surface area (Å²) in [5, 5.41) is 0. The molecular formula is C14H22N2O. The largest absolute Gasteiger partial charge is 0.497 e. The van der Waals surface area contributed by atoms with Gasteiger partial charge in [0.1, 0.15) is 5.75 Å². The summed E-state index contributed by atoms with van der Waals surface area (Å²) in [5.41, 5.74) is 7.73. The molecule has 1 aliphatic rings. The van der Waals surface area contributed by atoms with Crippen LogP contribution in [0, 0.1) is 0 Å². The molecule has 94 valence electrons. The number of likely N-dealkylation sites (N-methyl/N-ethyl adjacent to an activating group) is 1. The molecule has 0 spiro atoms. The van der Waals surface area contributed by atoms with E-state index in [1.807, 2.05) is 12.1 Å². The first kappa shape index (κ1) is 12.4. The Morgan fingerprint density at radius 1 is 1.35 bits per heavy atom. The quantitative estimate of drug-likeness (QED) is 0.861. The van der Waals surface area contributed by atoms with Crippen LogP contribution in [0.3, 0.4) is 0 Å². The highest BCUT2D eigenvalue weighted by Crippen LogP contribution is 2.23. The normalized spacial score (nSPS) is 25.1. The van der Waals surface area contributed by atoms with Crippen LogP contribution in [0.1, 0.15) is 18.4 Å². The van der Waals surface area contributed by atoms with Crippen molar-refractivity contribution in [3.63, 3.8) is 0 Å². The van der Waals surface area contributed by atoms with Gasteiger partial charge < -0.3 is 15.4 Å². The fourth-order valence-electron chi connectivity index (χ4n) is 2.50. The third kappa shape index (κ3) is 3.20. The van der Waals surface area contributed by atoms with Crippen LogP contribution in [-0.2, 0) is 6.42 Å². The fraction of sp³-hybridized carbons (Fsp3) is 0.571. The molecule has 0 aromatic heterocycles.